The standard InChI is InChI=1S/C34H24BrFN2O2S/c35-28-18-22(10-17-29(28)40-20-21-6-2-1-3-7-21)19-30-33(39)38-32(24-11-14-25(36)15-12-24)27-16-13-23-8-4-5-9-26(23)31(27)37-34(38)41-30/h1-12,14-15,17-19,32H,13,16,20H2/b30-19+/t32-/m1/s1. The molecule has 0 spiro atoms. The van der Waals surface area contributed by atoms with E-state index in [0.717, 1.165) is 56.6 Å². The lowest BCUT2D eigenvalue weighted by molar-refractivity contribution is 0.304. The maximum atomic E-state index is 13.9. The average molecular weight is 624 g/mol. The van der Waals surface area contributed by atoms with E-state index in [1.807, 2.05) is 60.7 Å². The van der Waals surface area contributed by atoms with Gasteiger partial charge < -0.3 is 4.74 Å². The van der Waals surface area contributed by atoms with Gasteiger partial charge in [0.05, 0.1) is 20.7 Å². The largest absolute Gasteiger partial charge is 0.488 e. The zero-order valence-electron chi connectivity index (χ0n) is 21.9. The van der Waals surface area contributed by atoms with Crippen LogP contribution in [0.1, 0.15) is 40.3 Å². The third-order valence-corrected chi connectivity index (χ3v) is 9.15. The van der Waals surface area contributed by atoms with E-state index < -0.39 is 0 Å². The number of halogens is 2. The Balaban J connectivity index is 1.31. The number of benzene rings is 4. The number of nitrogens with zero attached hydrogens (tertiary/aromatic N) is 2. The highest BCUT2D eigenvalue weighted by Gasteiger charge is 2.32. The highest BCUT2D eigenvalue weighted by molar-refractivity contribution is 9.10. The molecule has 7 heteroatoms. The van der Waals surface area contributed by atoms with Crippen molar-refractivity contribution in [3.8, 4) is 5.75 Å². The number of fused-ring (bicyclic) bond motifs is 3. The summed E-state index contributed by atoms with van der Waals surface area (Å²) >= 11 is 5.01. The number of allylic oxidation sites excluding steroid dienone is 1. The molecule has 0 bridgehead atoms. The van der Waals surface area contributed by atoms with Crippen molar-refractivity contribution in [1.29, 1.82) is 0 Å². The molecule has 41 heavy (non-hydrogen) atoms. The van der Waals surface area contributed by atoms with E-state index in [2.05, 4.69) is 34.1 Å². The van der Waals surface area contributed by atoms with Crippen LogP contribution in [-0.4, -0.2) is 4.57 Å². The molecule has 4 aromatic carbocycles. The molecule has 0 saturated heterocycles. The minimum atomic E-state index is -0.335. The van der Waals surface area contributed by atoms with Crippen LogP contribution in [0, 0.1) is 5.82 Å². The zero-order chi connectivity index (χ0) is 27.9. The average Bonchev–Trinajstić information content (AvgIpc) is 3.30. The van der Waals surface area contributed by atoms with E-state index >= 15 is 0 Å². The summed E-state index contributed by atoms with van der Waals surface area (Å²) in [4.78, 5) is 19.6. The number of ether oxygens (including phenoxy) is 1. The van der Waals surface area contributed by atoms with Gasteiger partial charge in [0.2, 0.25) is 0 Å². The summed E-state index contributed by atoms with van der Waals surface area (Å²) < 4.78 is 23.1. The van der Waals surface area contributed by atoms with Crippen molar-refractivity contribution in [2.24, 2.45) is 4.99 Å². The molecule has 1 atom stereocenters. The summed E-state index contributed by atoms with van der Waals surface area (Å²) in [6, 6.07) is 30.3. The highest BCUT2D eigenvalue weighted by atomic mass is 79.9. The molecule has 2 aliphatic rings. The molecular weight excluding hydrogens is 599 g/mol. The quantitative estimate of drug-likeness (QED) is 0.216. The first kappa shape index (κ1) is 25.9. The lowest BCUT2D eigenvalue weighted by Crippen LogP contribution is -2.38. The fraction of sp³-hybridized carbons (Fsp3) is 0.118. The van der Waals surface area contributed by atoms with Crippen LogP contribution in [0.2, 0.25) is 0 Å². The van der Waals surface area contributed by atoms with Gasteiger partial charge in [-0.25, -0.2) is 9.38 Å². The molecule has 0 unspecified atom stereocenters. The number of aromatic nitrogens is 1. The van der Waals surface area contributed by atoms with Crippen molar-refractivity contribution in [3.05, 3.63) is 160 Å². The predicted molar refractivity (Wildman–Crippen MR) is 164 cm³/mol. The Morgan fingerprint density at radius 3 is 2.56 bits per heavy atom. The summed E-state index contributed by atoms with van der Waals surface area (Å²) in [5.74, 6) is 0.432. The fourth-order valence-corrected chi connectivity index (χ4v) is 7.09. The van der Waals surface area contributed by atoms with Gasteiger partial charge in [-0.1, -0.05) is 84.1 Å². The van der Waals surface area contributed by atoms with Crippen LogP contribution >= 0.6 is 27.3 Å². The van der Waals surface area contributed by atoms with Crippen LogP contribution in [0.5, 0.6) is 5.75 Å². The van der Waals surface area contributed by atoms with Crippen molar-refractivity contribution in [2.45, 2.75) is 25.5 Å². The third-order valence-electron chi connectivity index (χ3n) is 7.55. The van der Waals surface area contributed by atoms with Crippen LogP contribution in [0.4, 0.5) is 4.39 Å². The maximum absolute atomic E-state index is 13.9. The topological polar surface area (TPSA) is 43.6 Å². The number of hydrogen-bond acceptors (Lipinski definition) is 4. The molecule has 1 aromatic heterocycles. The lowest BCUT2D eigenvalue weighted by Gasteiger charge is -2.30. The van der Waals surface area contributed by atoms with Gasteiger partial charge in [-0.2, -0.15) is 0 Å². The Hall–Kier alpha value is -4.07. The van der Waals surface area contributed by atoms with Gasteiger partial charge in [0.15, 0.2) is 4.80 Å². The van der Waals surface area contributed by atoms with Crippen molar-refractivity contribution >= 4 is 39.0 Å². The predicted octanol–water partition coefficient (Wildman–Crippen LogP) is 6.80. The highest BCUT2D eigenvalue weighted by Crippen LogP contribution is 2.41. The molecule has 0 N–H and O–H groups in total. The molecule has 202 valence electrons. The third kappa shape index (κ3) is 4.89. The Kier molecular flexibility index (Phi) is 6.77. The van der Waals surface area contributed by atoms with E-state index in [0.29, 0.717) is 15.9 Å². The molecule has 7 rings (SSSR count). The Labute approximate surface area is 248 Å². The minimum Gasteiger partial charge on any atom is -0.488 e. The number of aryl methyl sites for hydroxylation is 1. The fourth-order valence-electron chi connectivity index (χ4n) is 5.58. The van der Waals surface area contributed by atoms with Crippen molar-refractivity contribution in [2.75, 3.05) is 0 Å². The normalized spacial score (nSPS) is 16.0. The number of rotatable bonds is 5. The summed E-state index contributed by atoms with van der Waals surface area (Å²) in [5.41, 5.74) is 7.12. The second-order valence-corrected chi connectivity index (χ2v) is 12.0. The first-order valence-corrected chi connectivity index (χ1v) is 15.0. The Morgan fingerprint density at radius 1 is 0.976 bits per heavy atom. The van der Waals surface area contributed by atoms with Gasteiger partial charge in [-0.05, 0) is 86.9 Å². The molecule has 0 radical (unpaired) electrons. The van der Waals surface area contributed by atoms with Crippen LogP contribution in [-0.2, 0) is 13.0 Å². The Morgan fingerprint density at radius 2 is 1.76 bits per heavy atom. The van der Waals surface area contributed by atoms with E-state index in [4.69, 9.17) is 9.73 Å². The van der Waals surface area contributed by atoms with Gasteiger partial charge in [-0.15, -0.1) is 0 Å². The van der Waals surface area contributed by atoms with Gasteiger partial charge in [0.25, 0.3) is 5.56 Å². The molecule has 0 saturated carbocycles. The van der Waals surface area contributed by atoms with Crippen LogP contribution < -0.4 is 19.6 Å². The monoisotopic (exact) mass is 622 g/mol. The number of thiazole rings is 1. The second-order valence-electron chi connectivity index (χ2n) is 10.1. The number of hydrogen-bond donors (Lipinski definition) is 0. The van der Waals surface area contributed by atoms with Crippen molar-refractivity contribution in [1.82, 2.24) is 4.57 Å². The molecule has 1 aliphatic heterocycles. The van der Waals surface area contributed by atoms with E-state index in [1.54, 1.807) is 16.7 Å². The molecule has 4 nitrogen and oxygen atoms in total. The first-order chi connectivity index (χ1) is 20.0. The lowest BCUT2D eigenvalue weighted by atomic mass is 9.83. The van der Waals surface area contributed by atoms with Crippen LogP contribution in [0.15, 0.2) is 117 Å². The molecular formula is C34H24BrFN2O2S. The SMILES string of the molecule is O=c1/c(=C\c2ccc(OCc3ccccc3)c(Br)c2)sc2n1[C@H](c1ccc(F)cc1)C1=C(N=2)c2ccccc2CC1. The minimum absolute atomic E-state index is 0.103. The molecule has 0 amide bonds. The van der Waals surface area contributed by atoms with Gasteiger partial charge in [0, 0.05) is 5.56 Å². The maximum Gasteiger partial charge on any atom is 0.271 e. The van der Waals surface area contributed by atoms with Gasteiger partial charge in [-0.3, -0.25) is 9.36 Å². The van der Waals surface area contributed by atoms with Gasteiger partial charge in [0.1, 0.15) is 18.2 Å². The summed E-state index contributed by atoms with van der Waals surface area (Å²) in [6.45, 7) is 0.467. The van der Waals surface area contributed by atoms with Crippen molar-refractivity contribution in [3.63, 3.8) is 0 Å². The van der Waals surface area contributed by atoms with E-state index in [9.17, 15) is 9.18 Å². The van der Waals surface area contributed by atoms with Crippen LogP contribution in [0.25, 0.3) is 11.8 Å². The molecule has 5 aromatic rings. The van der Waals surface area contributed by atoms with Gasteiger partial charge >= 0.3 is 0 Å². The second kappa shape index (κ2) is 10.7. The molecule has 0 fully saturated rings. The zero-order valence-corrected chi connectivity index (χ0v) is 24.3. The molecule has 1 aliphatic carbocycles. The van der Waals surface area contributed by atoms with Crippen molar-refractivity contribution < 1.29 is 9.13 Å². The molecule has 2 heterocycles. The Bertz CT molecular complexity index is 2000. The summed E-state index contributed by atoms with van der Waals surface area (Å²) in [6.07, 6.45) is 3.56. The summed E-state index contributed by atoms with van der Waals surface area (Å²) in [7, 11) is 0. The van der Waals surface area contributed by atoms with Crippen LogP contribution in [0.3, 0.4) is 0 Å². The smallest absolute Gasteiger partial charge is 0.271 e. The first-order valence-electron chi connectivity index (χ1n) is 13.4. The van der Waals surface area contributed by atoms with E-state index in [-0.39, 0.29) is 17.4 Å². The van der Waals surface area contributed by atoms with E-state index in [1.165, 1.54) is 29.0 Å². The summed E-state index contributed by atoms with van der Waals surface area (Å²) in [5, 5.41) is 0.